The van der Waals surface area contributed by atoms with Crippen molar-refractivity contribution in [2.24, 2.45) is 5.92 Å². The lowest BCUT2D eigenvalue weighted by Crippen LogP contribution is -2.29. The van der Waals surface area contributed by atoms with Crippen molar-refractivity contribution in [1.29, 1.82) is 0 Å². The quantitative estimate of drug-likeness (QED) is 0.786. The van der Waals surface area contributed by atoms with Gasteiger partial charge in [0.15, 0.2) is 0 Å². The highest BCUT2D eigenvalue weighted by Crippen LogP contribution is 2.23. The van der Waals surface area contributed by atoms with Crippen LogP contribution in [0, 0.1) is 5.92 Å². The van der Waals surface area contributed by atoms with Crippen molar-refractivity contribution in [3.8, 4) is 0 Å². The number of hydrogen-bond acceptors (Lipinski definition) is 2. The molecule has 0 spiro atoms. The molecule has 0 saturated heterocycles. The van der Waals surface area contributed by atoms with Gasteiger partial charge in [0.1, 0.15) is 5.78 Å². The van der Waals surface area contributed by atoms with Gasteiger partial charge in [-0.3, -0.25) is 4.79 Å². The van der Waals surface area contributed by atoms with Crippen LogP contribution in [0.15, 0.2) is 28.7 Å². The van der Waals surface area contributed by atoms with E-state index in [4.69, 9.17) is 0 Å². The van der Waals surface area contributed by atoms with Crippen LogP contribution in [0.5, 0.6) is 0 Å². The Morgan fingerprint density at radius 3 is 2.67 bits per heavy atom. The highest BCUT2D eigenvalue weighted by atomic mass is 79.9. The molecule has 0 amide bonds. The van der Waals surface area contributed by atoms with Crippen LogP contribution in [0.25, 0.3) is 0 Å². The molecule has 1 aromatic rings. The highest BCUT2D eigenvalue weighted by molar-refractivity contribution is 9.10. The zero-order chi connectivity index (χ0) is 13.0. The van der Waals surface area contributed by atoms with Gasteiger partial charge in [-0.15, -0.1) is 0 Å². The van der Waals surface area contributed by atoms with Crippen LogP contribution >= 0.6 is 15.9 Å². The van der Waals surface area contributed by atoms with E-state index in [-0.39, 0.29) is 5.92 Å². The average Bonchev–Trinajstić information content (AvgIpc) is 2.56. The fraction of sp³-hybridized carbons (Fsp3) is 0.533. The number of nitrogens with zero attached hydrogens (tertiary/aromatic N) is 1. The summed E-state index contributed by atoms with van der Waals surface area (Å²) in [7, 11) is 2.07. The zero-order valence-electron chi connectivity index (χ0n) is 10.9. The SMILES string of the molecule is CN(CC1CCCCCC1=O)c1ccc(Br)cc1. The molecule has 1 aromatic carbocycles. The molecule has 2 rings (SSSR count). The van der Waals surface area contributed by atoms with Crippen LogP contribution in [0.2, 0.25) is 0 Å². The Balaban J connectivity index is 1.99. The van der Waals surface area contributed by atoms with Gasteiger partial charge in [0.05, 0.1) is 0 Å². The first-order valence-corrected chi connectivity index (χ1v) is 7.45. The van der Waals surface area contributed by atoms with Crippen molar-refractivity contribution in [3.05, 3.63) is 28.7 Å². The summed E-state index contributed by atoms with van der Waals surface area (Å²) in [4.78, 5) is 14.2. The number of carbonyl (C=O) groups is 1. The number of ketones is 1. The molecule has 2 nitrogen and oxygen atoms in total. The Labute approximate surface area is 117 Å². The number of Topliss-reactive ketones (excluding diaryl/α,β-unsaturated/α-hetero) is 1. The maximum Gasteiger partial charge on any atom is 0.137 e. The highest BCUT2D eigenvalue weighted by Gasteiger charge is 2.22. The van der Waals surface area contributed by atoms with Crippen molar-refractivity contribution in [2.45, 2.75) is 32.1 Å². The summed E-state index contributed by atoms with van der Waals surface area (Å²) in [5, 5.41) is 0. The topological polar surface area (TPSA) is 20.3 Å². The molecule has 1 fully saturated rings. The molecule has 1 aliphatic carbocycles. The van der Waals surface area contributed by atoms with Crippen molar-refractivity contribution in [1.82, 2.24) is 0 Å². The molecular formula is C15H20BrNO. The smallest absolute Gasteiger partial charge is 0.137 e. The third-order valence-corrected chi connectivity index (χ3v) is 4.22. The minimum atomic E-state index is 0.223. The van der Waals surface area contributed by atoms with Gasteiger partial charge in [-0.25, -0.2) is 0 Å². The Morgan fingerprint density at radius 2 is 1.94 bits per heavy atom. The molecule has 3 heteroatoms. The summed E-state index contributed by atoms with van der Waals surface area (Å²) in [5.41, 5.74) is 1.18. The predicted octanol–water partition coefficient (Wildman–Crippen LogP) is 4.03. The van der Waals surface area contributed by atoms with E-state index >= 15 is 0 Å². The maximum atomic E-state index is 12.0. The Kier molecular flexibility index (Phi) is 4.81. The van der Waals surface area contributed by atoms with E-state index in [1.807, 2.05) is 12.1 Å². The molecule has 1 unspecified atom stereocenters. The van der Waals surface area contributed by atoms with E-state index in [0.717, 1.165) is 30.3 Å². The number of anilines is 1. The largest absolute Gasteiger partial charge is 0.374 e. The van der Waals surface area contributed by atoms with E-state index < -0.39 is 0 Å². The van der Waals surface area contributed by atoms with Crippen LogP contribution in [0.3, 0.4) is 0 Å². The zero-order valence-corrected chi connectivity index (χ0v) is 12.4. The molecule has 1 aliphatic rings. The number of carbonyl (C=O) groups excluding carboxylic acids is 1. The lowest BCUT2D eigenvalue weighted by Gasteiger charge is -2.24. The fourth-order valence-corrected chi connectivity index (χ4v) is 2.82. The first-order valence-electron chi connectivity index (χ1n) is 6.66. The Hall–Kier alpha value is -0.830. The second-order valence-corrected chi connectivity index (χ2v) is 6.04. The summed E-state index contributed by atoms with van der Waals surface area (Å²) in [6, 6.07) is 8.26. The third-order valence-electron chi connectivity index (χ3n) is 3.69. The standard InChI is InChI=1S/C15H20BrNO/c1-17(14-9-7-13(16)8-10-14)11-12-5-3-2-4-6-15(12)18/h7-10,12H,2-6,11H2,1H3. The maximum absolute atomic E-state index is 12.0. The van der Waals surface area contributed by atoms with Crippen molar-refractivity contribution < 1.29 is 4.79 Å². The molecule has 0 radical (unpaired) electrons. The van der Waals surface area contributed by atoms with E-state index in [1.165, 1.54) is 18.5 Å². The third kappa shape index (κ3) is 3.58. The minimum absolute atomic E-state index is 0.223. The normalized spacial score (nSPS) is 20.6. The molecule has 1 atom stereocenters. The molecule has 18 heavy (non-hydrogen) atoms. The first kappa shape index (κ1) is 13.6. The second-order valence-electron chi connectivity index (χ2n) is 5.12. The monoisotopic (exact) mass is 309 g/mol. The number of rotatable bonds is 3. The average molecular weight is 310 g/mol. The molecule has 98 valence electrons. The van der Waals surface area contributed by atoms with Crippen LogP contribution in [0.4, 0.5) is 5.69 Å². The molecule has 0 aliphatic heterocycles. The number of halogens is 1. The van der Waals surface area contributed by atoms with Crippen LogP contribution in [-0.2, 0) is 4.79 Å². The number of benzene rings is 1. The summed E-state index contributed by atoms with van der Waals surface area (Å²) in [6.07, 6.45) is 5.32. The summed E-state index contributed by atoms with van der Waals surface area (Å²) in [5.74, 6) is 0.678. The molecule has 0 heterocycles. The molecule has 0 N–H and O–H groups in total. The van der Waals surface area contributed by atoms with Gasteiger partial charge in [-0.2, -0.15) is 0 Å². The predicted molar refractivity (Wildman–Crippen MR) is 79.0 cm³/mol. The fourth-order valence-electron chi connectivity index (χ4n) is 2.56. The second kappa shape index (κ2) is 6.37. The van der Waals surface area contributed by atoms with Gasteiger partial charge in [-0.1, -0.05) is 28.8 Å². The van der Waals surface area contributed by atoms with E-state index in [0.29, 0.717) is 5.78 Å². The summed E-state index contributed by atoms with van der Waals surface area (Å²) < 4.78 is 1.09. The van der Waals surface area contributed by atoms with Gasteiger partial charge < -0.3 is 4.90 Å². The van der Waals surface area contributed by atoms with Crippen molar-refractivity contribution in [3.63, 3.8) is 0 Å². The molecule has 1 saturated carbocycles. The van der Waals surface area contributed by atoms with Crippen molar-refractivity contribution in [2.75, 3.05) is 18.5 Å². The lowest BCUT2D eigenvalue weighted by molar-refractivity contribution is -0.122. The molecule has 0 bridgehead atoms. The van der Waals surface area contributed by atoms with E-state index in [9.17, 15) is 4.79 Å². The van der Waals surface area contributed by atoms with Gasteiger partial charge in [0.2, 0.25) is 0 Å². The first-order chi connectivity index (χ1) is 8.66. The number of hydrogen-bond donors (Lipinski definition) is 0. The molecule has 0 aromatic heterocycles. The Morgan fingerprint density at radius 1 is 1.22 bits per heavy atom. The van der Waals surface area contributed by atoms with Gasteiger partial charge in [0.25, 0.3) is 0 Å². The van der Waals surface area contributed by atoms with Crippen LogP contribution < -0.4 is 4.90 Å². The summed E-state index contributed by atoms with van der Waals surface area (Å²) >= 11 is 3.44. The Bertz CT molecular complexity index is 401. The van der Waals surface area contributed by atoms with Crippen LogP contribution in [-0.4, -0.2) is 19.4 Å². The van der Waals surface area contributed by atoms with Gasteiger partial charge in [0, 0.05) is 36.1 Å². The molecular weight excluding hydrogens is 290 g/mol. The van der Waals surface area contributed by atoms with Crippen LogP contribution in [0.1, 0.15) is 32.1 Å². The van der Waals surface area contributed by atoms with Gasteiger partial charge in [-0.05, 0) is 37.1 Å². The summed E-state index contributed by atoms with van der Waals surface area (Å²) in [6.45, 7) is 0.848. The van der Waals surface area contributed by atoms with Crippen molar-refractivity contribution >= 4 is 27.4 Å². The van der Waals surface area contributed by atoms with Gasteiger partial charge >= 0.3 is 0 Å². The lowest BCUT2D eigenvalue weighted by atomic mass is 9.98. The van der Waals surface area contributed by atoms with E-state index in [1.54, 1.807) is 0 Å². The van der Waals surface area contributed by atoms with E-state index in [2.05, 4.69) is 40.0 Å². The minimum Gasteiger partial charge on any atom is -0.374 e.